The molecule has 2 unspecified atom stereocenters. The highest BCUT2D eigenvalue weighted by atomic mass is 16.3. The van der Waals surface area contributed by atoms with Crippen LogP contribution in [0.4, 0.5) is 0 Å². The molecule has 68 valence electrons. The Labute approximate surface area is 76.4 Å². The number of aliphatic hydroxyl groups excluding tert-OH is 1. The molecule has 1 heterocycles. The Morgan fingerprint density at radius 2 is 2.38 bits per heavy atom. The molecular weight excluding hydrogens is 166 g/mol. The van der Waals surface area contributed by atoms with E-state index in [2.05, 4.69) is 5.32 Å². The maximum atomic E-state index is 10.5. The summed E-state index contributed by atoms with van der Waals surface area (Å²) in [4.78, 5) is 10.5. The predicted octanol–water partition coefficient (Wildman–Crippen LogP) is 0.146. The summed E-state index contributed by atoms with van der Waals surface area (Å²) < 4.78 is 0. The molecule has 0 bridgehead atoms. The van der Waals surface area contributed by atoms with Crippen LogP contribution in [0.25, 0.3) is 0 Å². The molecule has 0 aromatic heterocycles. The van der Waals surface area contributed by atoms with E-state index in [4.69, 9.17) is 5.11 Å². The van der Waals surface area contributed by atoms with E-state index in [0.29, 0.717) is 5.57 Å². The third-order valence-electron chi connectivity index (χ3n) is 2.35. The monoisotopic (exact) mass is 177 g/mol. The van der Waals surface area contributed by atoms with E-state index in [1.807, 2.05) is 24.3 Å². The van der Waals surface area contributed by atoms with Gasteiger partial charge in [-0.05, 0) is 0 Å². The van der Waals surface area contributed by atoms with Gasteiger partial charge in [-0.3, -0.25) is 4.79 Å². The summed E-state index contributed by atoms with van der Waals surface area (Å²) in [5.74, 6) is 0.283. The van der Waals surface area contributed by atoms with Crippen molar-refractivity contribution in [2.45, 2.75) is 6.04 Å². The van der Waals surface area contributed by atoms with E-state index in [1.165, 1.54) is 0 Å². The van der Waals surface area contributed by atoms with Crippen molar-refractivity contribution >= 4 is 6.29 Å². The number of carbonyl (C=O) groups excluding carboxylic acids is 1. The quantitative estimate of drug-likeness (QED) is 0.590. The van der Waals surface area contributed by atoms with E-state index >= 15 is 0 Å². The van der Waals surface area contributed by atoms with Gasteiger partial charge in [-0.1, -0.05) is 24.3 Å². The van der Waals surface area contributed by atoms with Crippen molar-refractivity contribution in [3.63, 3.8) is 0 Å². The summed E-state index contributed by atoms with van der Waals surface area (Å²) in [6.45, 7) is 0.0328. The van der Waals surface area contributed by atoms with Gasteiger partial charge >= 0.3 is 0 Å². The normalized spacial score (nSPS) is 30.2. The molecular formula is C10H11NO2. The van der Waals surface area contributed by atoms with E-state index < -0.39 is 0 Å². The number of allylic oxidation sites excluding steroid dienone is 2. The molecule has 2 atom stereocenters. The first kappa shape index (κ1) is 8.26. The van der Waals surface area contributed by atoms with Gasteiger partial charge < -0.3 is 10.4 Å². The number of aliphatic hydroxyl groups is 1. The number of fused-ring (bicyclic) bond motifs is 1. The molecule has 2 N–H and O–H groups in total. The van der Waals surface area contributed by atoms with Gasteiger partial charge in [0.1, 0.15) is 6.29 Å². The van der Waals surface area contributed by atoms with E-state index in [1.54, 1.807) is 0 Å². The van der Waals surface area contributed by atoms with Gasteiger partial charge in [0.2, 0.25) is 0 Å². The summed E-state index contributed by atoms with van der Waals surface area (Å²) in [5.41, 5.74) is 1.53. The maximum absolute atomic E-state index is 10.5. The predicted molar refractivity (Wildman–Crippen MR) is 48.9 cm³/mol. The molecule has 0 aromatic rings. The number of nitrogens with one attached hydrogen (secondary N) is 1. The van der Waals surface area contributed by atoms with Crippen LogP contribution in [0.15, 0.2) is 35.6 Å². The van der Waals surface area contributed by atoms with Crippen molar-refractivity contribution in [2.24, 2.45) is 5.92 Å². The minimum absolute atomic E-state index is 0.0328. The van der Waals surface area contributed by atoms with Crippen LogP contribution < -0.4 is 5.32 Å². The average Bonchev–Trinajstić information content (AvgIpc) is 2.58. The van der Waals surface area contributed by atoms with Crippen LogP contribution in [-0.2, 0) is 4.79 Å². The molecule has 0 amide bonds. The summed E-state index contributed by atoms with van der Waals surface area (Å²) in [6, 6.07) is 0.146. The van der Waals surface area contributed by atoms with Crippen molar-refractivity contribution < 1.29 is 9.90 Å². The summed E-state index contributed by atoms with van der Waals surface area (Å²) in [7, 11) is 0. The molecule has 0 aromatic carbocycles. The Kier molecular flexibility index (Phi) is 2.02. The number of carbonyl (C=O) groups is 1. The molecule has 0 saturated heterocycles. The van der Waals surface area contributed by atoms with Crippen molar-refractivity contribution in [1.29, 1.82) is 0 Å². The smallest absolute Gasteiger partial charge is 0.149 e. The minimum Gasteiger partial charge on any atom is -0.390 e. The molecule has 0 saturated carbocycles. The summed E-state index contributed by atoms with van der Waals surface area (Å²) in [6.07, 6.45) is 8.50. The van der Waals surface area contributed by atoms with Gasteiger partial charge in [-0.15, -0.1) is 0 Å². The first-order valence-corrected chi connectivity index (χ1v) is 4.27. The van der Waals surface area contributed by atoms with Gasteiger partial charge in [0.25, 0.3) is 0 Å². The lowest BCUT2D eigenvalue weighted by atomic mass is 9.94. The second-order valence-corrected chi connectivity index (χ2v) is 3.24. The lowest BCUT2D eigenvalue weighted by molar-refractivity contribution is -0.104. The highest BCUT2D eigenvalue weighted by molar-refractivity contribution is 5.78. The Morgan fingerprint density at radius 1 is 1.54 bits per heavy atom. The van der Waals surface area contributed by atoms with Gasteiger partial charge in [-0.2, -0.15) is 0 Å². The Balaban J connectivity index is 2.18. The fourth-order valence-electron chi connectivity index (χ4n) is 1.68. The first-order chi connectivity index (χ1) is 6.33. The molecule has 0 fully saturated rings. The topological polar surface area (TPSA) is 49.3 Å². The van der Waals surface area contributed by atoms with Gasteiger partial charge in [-0.25, -0.2) is 0 Å². The molecule has 0 radical (unpaired) electrons. The zero-order chi connectivity index (χ0) is 9.26. The second kappa shape index (κ2) is 3.18. The molecule has 0 spiro atoms. The van der Waals surface area contributed by atoms with Crippen molar-refractivity contribution in [3.8, 4) is 0 Å². The van der Waals surface area contributed by atoms with Gasteiger partial charge in [0.05, 0.1) is 12.6 Å². The van der Waals surface area contributed by atoms with Crippen LogP contribution >= 0.6 is 0 Å². The Hall–Kier alpha value is -1.35. The first-order valence-electron chi connectivity index (χ1n) is 4.27. The van der Waals surface area contributed by atoms with Crippen molar-refractivity contribution in [1.82, 2.24) is 5.32 Å². The average molecular weight is 177 g/mol. The summed E-state index contributed by atoms with van der Waals surface area (Å²) >= 11 is 0. The zero-order valence-electron chi connectivity index (χ0n) is 7.10. The number of hydrogen-bond acceptors (Lipinski definition) is 3. The van der Waals surface area contributed by atoms with Crippen LogP contribution in [-0.4, -0.2) is 24.0 Å². The van der Waals surface area contributed by atoms with Crippen molar-refractivity contribution in [2.75, 3.05) is 6.61 Å². The third-order valence-corrected chi connectivity index (χ3v) is 2.35. The van der Waals surface area contributed by atoms with Crippen LogP contribution in [0.1, 0.15) is 0 Å². The van der Waals surface area contributed by atoms with Crippen LogP contribution in [0.5, 0.6) is 0 Å². The fourth-order valence-corrected chi connectivity index (χ4v) is 1.68. The highest BCUT2D eigenvalue weighted by Crippen LogP contribution is 2.24. The van der Waals surface area contributed by atoms with Crippen LogP contribution in [0, 0.1) is 5.92 Å². The zero-order valence-corrected chi connectivity index (χ0v) is 7.10. The lowest BCUT2D eigenvalue weighted by Gasteiger charge is -2.17. The number of rotatable bonds is 2. The molecule has 13 heavy (non-hydrogen) atoms. The Bertz CT molecular complexity index is 315. The highest BCUT2D eigenvalue weighted by Gasteiger charge is 2.24. The summed E-state index contributed by atoms with van der Waals surface area (Å²) in [5, 5.41) is 12.0. The third kappa shape index (κ3) is 1.42. The maximum Gasteiger partial charge on any atom is 0.149 e. The van der Waals surface area contributed by atoms with Crippen LogP contribution in [0.2, 0.25) is 0 Å². The van der Waals surface area contributed by atoms with Gasteiger partial charge in [0.15, 0.2) is 0 Å². The second-order valence-electron chi connectivity index (χ2n) is 3.24. The Morgan fingerprint density at radius 3 is 3.08 bits per heavy atom. The van der Waals surface area contributed by atoms with E-state index in [0.717, 1.165) is 12.0 Å². The largest absolute Gasteiger partial charge is 0.390 e. The van der Waals surface area contributed by atoms with Crippen molar-refractivity contribution in [3.05, 3.63) is 35.6 Å². The molecule has 2 aliphatic rings. The molecule has 1 aliphatic carbocycles. The fraction of sp³-hybridized carbons (Fsp3) is 0.300. The number of aldehydes is 1. The van der Waals surface area contributed by atoms with Gasteiger partial charge in [0, 0.05) is 17.2 Å². The van der Waals surface area contributed by atoms with E-state index in [-0.39, 0.29) is 18.6 Å². The lowest BCUT2D eigenvalue weighted by Crippen LogP contribution is -2.28. The standard InChI is InChI=1S/C10H11NO2/c12-5-7-1-2-8-4-9(6-13)11-10(8)3-7/h1-5,8,10-11,13H,6H2. The molecule has 1 aliphatic heterocycles. The SMILES string of the molecule is O=CC1=CC2NC(CO)=CC2C=C1. The van der Waals surface area contributed by atoms with Crippen LogP contribution in [0.3, 0.4) is 0 Å². The molecule has 3 heteroatoms. The molecule has 3 nitrogen and oxygen atoms in total. The minimum atomic E-state index is 0.0328. The molecule has 2 rings (SSSR count). The van der Waals surface area contributed by atoms with E-state index in [9.17, 15) is 4.79 Å². The number of hydrogen-bond donors (Lipinski definition) is 2.